The molecule has 0 saturated heterocycles. The molecule has 0 spiro atoms. The Hall–Kier alpha value is -1.51. The lowest BCUT2D eigenvalue weighted by atomic mass is 9.96. The van der Waals surface area contributed by atoms with Gasteiger partial charge in [-0.2, -0.15) is 0 Å². The van der Waals surface area contributed by atoms with Crippen LogP contribution in [0.5, 0.6) is 0 Å². The Labute approximate surface area is 83.9 Å². The number of ether oxygens (including phenoxy) is 1. The van der Waals surface area contributed by atoms with Crippen LogP contribution >= 0.6 is 0 Å². The van der Waals surface area contributed by atoms with Crippen molar-refractivity contribution in [2.75, 3.05) is 12.8 Å². The molecule has 1 aromatic carbocycles. The summed E-state index contributed by atoms with van der Waals surface area (Å²) in [6, 6.07) is 7.31. The second kappa shape index (κ2) is 4.65. The number of nitrogens with two attached hydrogens (primary N) is 1. The van der Waals surface area contributed by atoms with Gasteiger partial charge in [-0.25, -0.2) is 0 Å². The Morgan fingerprint density at radius 2 is 2.00 bits per heavy atom. The molecule has 3 nitrogen and oxygen atoms in total. The van der Waals surface area contributed by atoms with Gasteiger partial charge in [0.25, 0.3) is 0 Å². The molecule has 1 aromatic rings. The van der Waals surface area contributed by atoms with Crippen molar-refractivity contribution >= 4 is 11.7 Å². The normalized spacial score (nSPS) is 12.1. The summed E-state index contributed by atoms with van der Waals surface area (Å²) in [5, 5.41) is 0. The monoisotopic (exact) mass is 193 g/mol. The van der Waals surface area contributed by atoms with Gasteiger partial charge in [0.2, 0.25) is 0 Å². The van der Waals surface area contributed by atoms with Crippen molar-refractivity contribution in [3.63, 3.8) is 0 Å². The molecule has 0 aliphatic carbocycles. The van der Waals surface area contributed by atoms with Gasteiger partial charge >= 0.3 is 5.97 Å². The third-order valence-electron chi connectivity index (χ3n) is 2.23. The number of hydrogen-bond acceptors (Lipinski definition) is 3. The van der Waals surface area contributed by atoms with Crippen molar-refractivity contribution < 1.29 is 9.53 Å². The maximum Gasteiger partial charge on any atom is 0.313 e. The minimum absolute atomic E-state index is 0.180. The minimum Gasteiger partial charge on any atom is -0.469 e. The van der Waals surface area contributed by atoms with Crippen LogP contribution in [0.2, 0.25) is 0 Å². The second-order valence-corrected chi connectivity index (χ2v) is 3.15. The van der Waals surface area contributed by atoms with Crippen LogP contribution in [0, 0.1) is 0 Å². The first-order valence-electron chi connectivity index (χ1n) is 4.62. The fraction of sp³-hybridized carbons (Fsp3) is 0.364. The highest BCUT2D eigenvalue weighted by Gasteiger charge is 2.18. The van der Waals surface area contributed by atoms with E-state index in [0.717, 1.165) is 12.0 Å². The van der Waals surface area contributed by atoms with Crippen molar-refractivity contribution in [1.82, 2.24) is 0 Å². The van der Waals surface area contributed by atoms with E-state index >= 15 is 0 Å². The lowest BCUT2D eigenvalue weighted by molar-refractivity contribution is -0.142. The van der Waals surface area contributed by atoms with Gasteiger partial charge < -0.3 is 10.5 Å². The molecular formula is C11H15NO2. The van der Waals surface area contributed by atoms with Gasteiger partial charge in [0.15, 0.2) is 0 Å². The first-order chi connectivity index (χ1) is 6.69. The topological polar surface area (TPSA) is 52.3 Å². The molecule has 1 rings (SSSR count). The van der Waals surface area contributed by atoms with Gasteiger partial charge in [-0.1, -0.05) is 19.1 Å². The third kappa shape index (κ3) is 2.25. The van der Waals surface area contributed by atoms with Crippen molar-refractivity contribution in [3.05, 3.63) is 29.8 Å². The molecule has 0 aliphatic rings. The number of carbonyl (C=O) groups is 1. The SMILES string of the molecule is CCC(C(=O)OC)c1ccc(N)cc1. The average molecular weight is 193 g/mol. The van der Waals surface area contributed by atoms with Gasteiger partial charge in [-0.3, -0.25) is 4.79 Å². The Kier molecular flexibility index (Phi) is 3.51. The van der Waals surface area contributed by atoms with Crippen LogP contribution in [0.1, 0.15) is 24.8 Å². The van der Waals surface area contributed by atoms with Crippen molar-refractivity contribution in [2.24, 2.45) is 0 Å². The van der Waals surface area contributed by atoms with E-state index < -0.39 is 0 Å². The summed E-state index contributed by atoms with van der Waals surface area (Å²) >= 11 is 0. The second-order valence-electron chi connectivity index (χ2n) is 3.15. The van der Waals surface area contributed by atoms with Crippen LogP contribution in [0.15, 0.2) is 24.3 Å². The van der Waals surface area contributed by atoms with E-state index in [1.54, 1.807) is 12.1 Å². The standard InChI is InChI=1S/C11H15NO2/c1-3-10(11(13)14-2)8-4-6-9(12)7-5-8/h4-7,10H,3,12H2,1-2H3. The number of benzene rings is 1. The van der Waals surface area contributed by atoms with Gasteiger partial charge in [0, 0.05) is 5.69 Å². The van der Waals surface area contributed by atoms with Gasteiger partial charge in [-0.15, -0.1) is 0 Å². The molecular weight excluding hydrogens is 178 g/mol. The zero-order valence-corrected chi connectivity index (χ0v) is 8.49. The predicted molar refractivity (Wildman–Crippen MR) is 55.9 cm³/mol. The first-order valence-corrected chi connectivity index (χ1v) is 4.62. The highest BCUT2D eigenvalue weighted by molar-refractivity contribution is 5.78. The number of esters is 1. The summed E-state index contributed by atoms with van der Waals surface area (Å²) in [5.74, 6) is -0.377. The molecule has 1 atom stereocenters. The van der Waals surface area contributed by atoms with Crippen molar-refractivity contribution in [2.45, 2.75) is 19.3 Å². The van der Waals surface area contributed by atoms with Crippen LogP contribution in [0.25, 0.3) is 0 Å². The van der Waals surface area contributed by atoms with Gasteiger partial charge in [0.05, 0.1) is 13.0 Å². The van der Waals surface area contributed by atoms with E-state index in [0.29, 0.717) is 5.69 Å². The van der Waals surface area contributed by atoms with E-state index in [1.165, 1.54) is 7.11 Å². The van der Waals surface area contributed by atoms with Crippen molar-refractivity contribution in [3.8, 4) is 0 Å². The Bertz CT molecular complexity index is 306. The van der Waals surface area contributed by atoms with E-state index in [-0.39, 0.29) is 11.9 Å². The molecule has 0 radical (unpaired) electrons. The molecule has 76 valence electrons. The Balaban J connectivity index is 2.89. The molecule has 0 heterocycles. The zero-order valence-electron chi connectivity index (χ0n) is 8.49. The first kappa shape index (κ1) is 10.6. The number of anilines is 1. The van der Waals surface area contributed by atoms with Crippen LogP contribution < -0.4 is 5.73 Å². The molecule has 0 fully saturated rings. The Morgan fingerprint density at radius 1 is 1.43 bits per heavy atom. The molecule has 1 unspecified atom stereocenters. The maximum atomic E-state index is 11.4. The number of methoxy groups -OCH3 is 1. The lowest BCUT2D eigenvalue weighted by Crippen LogP contribution is -2.13. The van der Waals surface area contributed by atoms with Gasteiger partial charge in [0.1, 0.15) is 0 Å². The summed E-state index contributed by atoms with van der Waals surface area (Å²) < 4.78 is 4.72. The van der Waals surface area contributed by atoms with Gasteiger partial charge in [-0.05, 0) is 24.1 Å². The molecule has 3 heteroatoms. The van der Waals surface area contributed by atoms with E-state index in [4.69, 9.17) is 10.5 Å². The molecule has 0 aromatic heterocycles. The predicted octanol–water partition coefficient (Wildman–Crippen LogP) is 1.94. The van der Waals surface area contributed by atoms with E-state index in [1.807, 2.05) is 19.1 Å². The molecule has 14 heavy (non-hydrogen) atoms. The average Bonchev–Trinajstić information content (AvgIpc) is 2.21. The lowest BCUT2D eigenvalue weighted by Gasteiger charge is -2.12. The van der Waals surface area contributed by atoms with Crippen LogP contribution in [0.4, 0.5) is 5.69 Å². The zero-order chi connectivity index (χ0) is 10.6. The summed E-state index contributed by atoms with van der Waals surface area (Å²) in [7, 11) is 1.41. The highest BCUT2D eigenvalue weighted by atomic mass is 16.5. The summed E-state index contributed by atoms with van der Waals surface area (Å²) in [4.78, 5) is 11.4. The van der Waals surface area contributed by atoms with E-state index in [9.17, 15) is 4.79 Å². The quantitative estimate of drug-likeness (QED) is 0.589. The summed E-state index contributed by atoms with van der Waals surface area (Å²) in [5.41, 5.74) is 7.22. The summed E-state index contributed by atoms with van der Waals surface area (Å²) in [6.07, 6.45) is 0.733. The highest BCUT2D eigenvalue weighted by Crippen LogP contribution is 2.21. The molecule has 0 saturated carbocycles. The number of nitrogen functional groups attached to an aromatic ring is 1. The molecule has 0 bridgehead atoms. The van der Waals surface area contributed by atoms with Crippen LogP contribution in [-0.2, 0) is 9.53 Å². The Morgan fingerprint density at radius 3 is 2.43 bits per heavy atom. The number of carbonyl (C=O) groups excluding carboxylic acids is 1. The number of hydrogen-bond donors (Lipinski definition) is 1. The molecule has 2 N–H and O–H groups in total. The fourth-order valence-electron chi connectivity index (χ4n) is 1.41. The maximum absolute atomic E-state index is 11.4. The van der Waals surface area contributed by atoms with Crippen LogP contribution in [0.3, 0.4) is 0 Å². The minimum atomic E-state index is -0.197. The van der Waals surface area contributed by atoms with Crippen LogP contribution in [-0.4, -0.2) is 13.1 Å². The molecule has 0 amide bonds. The molecule has 0 aliphatic heterocycles. The van der Waals surface area contributed by atoms with Crippen molar-refractivity contribution in [1.29, 1.82) is 0 Å². The third-order valence-corrected chi connectivity index (χ3v) is 2.23. The fourth-order valence-corrected chi connectivity index (χ4v) is 1.41. The number of rotatable bonds is 3. The van der Waals surface area contributed by atoms with E-state index in [2.05, 4.69) is 0 Å². The summed E-state index contributed by atoms with van der Waals surface area (Å²) in [6.45, 7) is 1.96. The smallest absolute Gasteiger partial charge is 0.313 e. The largest absolute Gasteiger partial charge is 0.469 e.